The Kier molecular flexibility index (Phi) is 5.52. The van der Waals surface area contributed by atoms with Crippen LogP contribution in [0.25, 0.3) is 0 Å². The van der Waals surface area contributed by atoms with Gasteiger partial charge in [0.25, 0.3) is 5.91 Å². The van der Waals surface area contributed by atoms with Gasteiger partial charge in [-0.15, -0.1) is 11.3 Å². The molecule has 2 amide bonds. The van der Waals surface area contributed by atoms with E-state index in [4.69, 9.17) is 4.42 Å². The van der Waals surface area contributed by atoms with Gasteiger partial charge in [-0.25, -0.2) is 0 Å². The molecule has 4 rings (SSSR count). The van der Waals surface area contributed by atoms with Crippen LogP contribution in [0.1, 0.15) is 53.4 Å². The zero-order valence-corrected chi connectivity index (χ0v) is 18.3. The molecule has 3 aromatic rings. The minimum absolute atomic E-state index is 0.00579. The van der Waals surface area contributed by atoms with E-state index in [0.29, 0.717) is 6.54 Å². The van der Waals surface area contributed by atoms with Crippen LogP contribution in [0.15, 0.2) is 64.6 Å². The molecule has 0 fully saturated rings. The summed E-state index contributed by atoms with van der Waals surface area (Å²) >= 11 is 1.74. The quantitative estimate of drug-likeness (QED) is 0.609. The van der Waals surface area contributed by atoms with Crippen LogP contribution in [0.4, 0.5) is 0 Å². The Morgan fingerprint density at radius 1 is 1.13 bits per heavy atom. The molecular formula is C24H26N2O3S. The highest BCUT2D eigenvalue weighted by Gasteiger charge is 2.36. The molecule has 0 spiro atoms. The molecule has 0 aliphatic carbocycles. The van der Waals surface area contributed by atoms with Crippen molar-refractivity contribution in [2.24, 2.45) is 0 Å². The average Bonchev–Trinajstić information content (AvgIpc) is 3.42. The molecule has 6 heteroatoms. The topological polar surface area (TPSA) is 53.8 Å². The minimum atomic E-state index is -0.523. The van der Waals surface area contributed by atoms with Crippen LogP contribution >= 0.6 is 11.3 Å². The Hall–Kier alpha value is -2.86. The fraction of sp³-hybridized carbons (Fsp3) is 0.333. The van der Waals surface area contributed by atoms with E-state index in [2.05, 4.69) is 23.6 Å². The monoisotopic (exact) mass is 422 g/mol. The molecule has 30 heavy (non-hydrogen) atoms. The molecule has 0 bridgehead atoms. The standard InChI is InChI=1S/C24H26N2O3S/c1-24(2,3)26(23(28)19-10-7-14-29-19)16-21(27)25-13-11-20-18(12-15-30-20)22(25)17-8-5-4-6-9-17/h4-10,12,14-15,22H,11,13,16H2,1-3H3/t22-/m1/s1. The summed E-state index contributed by atoms with van der Waals surface area (Å²) < 4.78 is 5.31. The van der Waals surface area contributed by atoms with Crippen molar-refractivity contribution in [2.75, 3.05) is 13.1 Å². The van der Waals surface area contributed by atoms with E-state index in [1.165, 1.54) is 16.7 Å². The van der Waals surface area contributed by atoms with Gasteiger partial charge in [-0.05, 0) is 61.9 Å². The molecule has 1 aromatic carbocycles. The first-order valence-electron chi connectivity index (χ1n) is 10.1. The Morgan fingerprint density at radius 3 is 2.57 bits per heavy atom. The van der Waals surface area contributed by atoms with E-state index in [1.807, 2.05) is 43.9 Å². The number of carbonyl (C=O) groups is 2. The molecule has 156 valence electrons. The van der Waals surface area contributed by atoms with E-state index in [-0.39, 0.29) is 30.2 Å². The molecule has 0 radical (unpaired) electrons. The summed E-state index contributed by atoms with van der Waals surface area (Å²) in [5.74, 6) is -0.0861. The summed E-state index contributed by atoms with van der Waals surface area (Å²) in [6, 6.07) is 15.4. The van der Waals surface area contributed by atoms with Gasteiger partial charge in [0, 0.05) is 17.0 Å². The highest BCUT2D eigenvalue weighted by molar-refractivity contribution is 7.10. The third-order valence-electron chi connectivity index (χ3n) is 5.48. The highest BCUT2D eigenvalue weighted by Crippen LogP contribution is 2.38. The lowest BCUT2D eigenvalue weighted by Gasteiger charge is -2.40. The number of fused-ring (bicyclic) bond motifs is 1. The largest absolute Gasteiger partial charge is 0.459 e. The highest BCUT2D eigenvalue weighted by atomic mass is 32.1. The van der Waals surface area contributed by atoms with Crippen molar-refractivity contribution in [3.05, 3.63) is 81.9 Å². The SMILES string of the molecule is CC(C)(C)N(CC(=O)N1CCc2sccc2[C@H]1c1ccccc1)C(=O)c1ccco1. The Balaban J connectivity index is 1.64. The van der Waals surface area contributed by atoms with Crippen LogP contribution in [-0.2, 0) is 11.2 Å². The van der Waals surface area contributed by atoms with Crippen molar-refractivity contribution >= 4 is 23.2 Å². The van der Waals surface area contributed by atoms with Crippen LogP contribution in [0.2, 0.25) is 0 Å². The van der Waals surface area contributed by atoms with E-state index in [9.17, 15) is 9.59 Å². The number of hydrogen-bond acceptors (Lipinski definition) is 4. The van der Waals surface area contributed by atoms with Gasteiger partial charge in [0.1, 0.15) is 6.54 Å². The average molecular weight is 423 g/mol. The predicted octanol–water partition coefficient (Wildman–Crippen LogP) is 4.76. The van der Waals surface area contributed by atoms with Crippen LogP contribution < -0.4 is 0 Å². The van der Waals surface area contributed by atoms with Gasteiger partial charge in [-0.1, -0.05) is 30.3 Å². The smallest absolute Gasteiger partial charge is 0.290 e. The van der Waals surface area contributed by atoms with Crippen molar-refractivity contribution in [1.29, 1.82) is 0 Å². The molecule has 1 aliphatic heterocycles. The summed E-state index contributed by atoms with van der Waals surface area (Å²) in [7, 11) is 0. The first-order chi connectivity index (χ1) is 14.4. The molecule has 0 unspecified atom stereocenters. The predicted molar refractivity (Wildman–Crippen MR) is 118 cm³/mol. The number of nitrogens with zero attached hydrogens (tertiary/aromatic N) is 2. The number of thiophene rings is 1. The first-order valence-corrected chi connectivity index (χ1v) is 11.0. The van der Waals surface area contributed by atoms with Gasteiger partial charge in [-0.3, -0.25) is 9.59 Å². The van der Waals surface area contributed by atoms with Crippen molar-refractivity contribution in [3.8, 4) is 0 Å². The molecule has 1 aliphatic rings. The summed E-state index contributed by atoms with van der Waals surface area (Å²) in [5, 5.41) is 2.09. The number of benzene rings is 1. The van der Waals surface area contributed by atoms with E-state index >= 15 is 0 Å². The van der Waals surface area contributed by atoms with Crippen molar-refractivity contribution in [2.45, 2.75) is 38.8 Å². The molecular weight excluding hydrogens is 396 g/mol. The van der Waals surface area contributed by atoms with Gasteiger partial charge in [0.15, 0.2) is 5.76 Å². The molecule has 1 atom stereocenters. The molecule has 0 N–H and O–H groups in total. The van der Waals surface area contributed by atoms with Crippen LogP contribution in [0.5, 0.6) is 0 Å². The fourth-order valence-corrected chi connectivity index (χ4v) is 4.86. The van der Waals surface area contributed by atoms with Gasteiger partial charge in [0.05, 0.1) is 12.3 Å². The molecule has 2 aromatic heterocycles. The zero-order chi connectivity index (χ0) is 21.3. The lowest BCUT2D eigenvalue weighted by atomic mass is 9.93. The number of carbonyl (C=O) groups excluding carboxylic acids is 2. The number of furan rings is 1. The van der Waals surface area contributed by atoms with Crippen LogP contribution in [0, 0.1) is 0 Å². The lowest BCUT2D eigenvalue weighted by Crippen LogP contribution is -2.52. The first kappa shape index (κ1) is 20.4. The second-order valence-corrected chi connectivity index (χ2v) is 9.49. The van der Waals surface area contributed by atoms with Crippen molar-refractivity contribution in [3.63, 3.8) is 0 Å². The zero-order valence-electron chi connectivity index (χ0n) is 17.5. The lowest BCUT2D eigenvalue weighted by molar-refractivity contribution is -0.135. The Labute approximate surface area is 180 Å². The third kappa shape index (κ3) is 3.92. The molecule has 0 saturated heterocycles. The number of rotatable bonds is 4. The maximum absolute atomic E-state index is 13.5. The van der Waals surface area contributed by atoms with Gasteiger partial charge in [0.2, 0.25) is 5.91 Å². The molecule has 5 nitrogen and oxygen atoms in total. The van der Waals surface area contributed by atoms with E-state index < -0.39 is 5.54 Å². The normalized spacial score (nSPS) is 16.2. The fourth-order valence-electron chi connectivity index (χ4n) is 3.95. The summed E-state index contributed by atoms with van der Waals surface area (Å²) in [6.45, 7) is 6.44. The van der Waals surface area contributed by atoms with Crippen LogP contribution in [-0.4, -0.2) is 40.2 Å². The minimum Gasteiger partial charge on any atom is -0.459 e. The summed E-state index contributed by atoms with van der Waals surface area (Å²) in [4.78, 5) is 31.4. The van der Waals surface area contributed by atoms with Crippen molar-refractivity contribution in [1.82, 2.24) is 9.80 Å². The third-order valence-corrected chi connectivity index (χ3v) is 6.48. The molecule has 0 saturated carbocycles. The second kappa shape index (κ2) is 8.11. The Bertz CT molecular complexity index is 1020. The van der Waals surface area contributed by atoms with Crippen molar-refractivity contribution < 1.29 is 14.0 Å². The Morgan fingerprint density at radius 2 is 1.90 bits per heavy atom. The maximum atomic E-state index is 13.5. The van der Waals surface area contributed by atoms with Gasteiger partial charge in [-0.2, -0.15) is 0 Å². The summed E-state index contributed by atoms with van der Waals surface area (Å²) in [5.41, 5.74) is 1.75. The van der Waals surface area contributed by atoms with E-state index in [0.717, 1.165) is 12.0 Å². The molecule has 3 heterocycles. The summed E-state index contributed by atoms with van der Waals surface area (Å²) in [6.07, 6.45) is 2.31. The van der Waals surface area contributed by atoms with Gasteiger partial charge < -0.3 is 14.2 Å². The number of hydrogen-bond donors (Lipinski definition) is 0. The van der Waals surface area contributed by atoms with Crippen LogP contribution in [0.3, 0.4) is 0 Å². The van der Waals surface area contributed by atoms with E-state index in [1.54, 1.807) is 28.4 Å². The number of amides is 2. The van der Waals surface area contributed by atoms with Gasteiger partial charge >= 0.3 is 0 Å². The second-order valence-electron chi connectivity index (χ2n) is 8.49. The maximum Gasteiger partial charge on any atom is 0.290 e.